The number of hydrogen-bond acceptors (Lipinski definition) is 7. The lowest BCUT2D eigenvalue weighted by atomic mass is 9.65. The molecule has 5 nitrogen and oxygen atoms in total. The maximum Gasteiger partial charge on any atom is 0.250 e. The zero-order valence-electron chi connectivity index (χ0n) is 20.3. The summed E-state index contributed by atoms with van der Waals surface area (Å²) in [6.45, 7) is 1.83. The molecule has 0 saturated heterocycles. The molecule has 37 heavy (non-hydrogen) atoms. The third-order valence-electron chi connectivity index (χ3n) is 6.44. The van der Waals surface area contributed by atoms with E-state index in [9.17, 15) is 0 Å². The first-order chi connectivity index (χ1) is 18.1. The van der Waals surface area contributed by atoms with Crippen LogP contribution in [0.15, 0.2) is 101 Å². The fourth-order valence-electron chi connectivity index (χ4n) is 4.80. The van der Waals surface area contributed by atoms with Gasteiger partial charge in [-0.15, -0.1) is 11.3 Å². The Bertz CT molecular complexity index is 1310. The van der Waals surface area contributed by atoms with Gasteiger partial charge in [-0.3, -0.25) is 0 Å². The number of aryl methyl sites for hydroxylation is 2. The number of alkyl halides is 1. The van der Waals surface area contributed by atoms with Gasteiger partial charge in [0.2, 0.25) is 5.89 Å². The van der Waals surface area contributed by atoms with E-state index in [1.165, 1.54) is 0 Å². The van der Waals surface area contributed by atoms with Crippen molar-refractivity contribution < 1.29 is 4.52 Å². The van der Waals surface area contributed by atoms with Crippen LogP contribution in [-0.4, -0.2) is 25.7 Å². The minimum absolute atomic E-state index is 0.358. The van der Waals surface area contributed by atoms with E-state index in [4.69, 9.17) is 22.1 Å². The average molecular weight is 592 g/mol. The van der Waals surface area contributed by atoms with Crippen LogP contribution in [0.25, 0.3) is 0 Å². The van der Waals surface area contributed by atoms with Crippen LogP contribution in [0, 0.1) is 6.92 Å². The van der Waals surface area contributed by atoms with Gasteiger partial charge >= 0.3 is 0 Å². The molecular weight excluding hydrogens is 564 g/mol. The summed E-state index contributed by atoms with van der Waals surface area (Å²) in [6.07, 6.45) is 0.856. The molecule has 2 atom stereocenters. The van der Waals surface area contributed by atoms with Gasteiger partial charge in [0.05, 0.1) is 11.1 Å². The van der Waals surface area contributed by atoms with Crippen LogP contribution in [0.1, 0.15) is 40.1 Å². The topological polar surface area (TPSA) is 63.8 Å². The summed E-state index contributed by atoms with van der Waals surface area (Å²) >= 11 is 10.5. The molecule has 0 fully saturated rings. The summed E-state index contributed by atoms with van der Waals surface area (Å²) in [5.74, 6) is 1.05. The van der Waals surface area contributed by atoms with Gasteiger partial charge in [-0.1, -0.05) is 112 Å². The van der Waals surface area contributed by atoms with Gasteiger partial charge in [0.15, 0.2) is 11.0 Å². The maximum absolute atomic E-state index is 5.77. The summed E-state index contributed by atoms with van der Waals surface area (Å²) < 4.78 is 5.77. The van der Waals surface area contributed by atoms with Crippen molar-refractivity contribution in [3.8, 4) is 0 Å². The van der Waals surface area contributed by atoms with Crippen molar-refractivity contribution in [2.24, 2.45) is 0 Å². The summed E-state index contributed by atoms with van der Waals surface area (Å²) in [6, 6.07) is 31.1. The minimum Gasteiger partial charge on any atom is -0.349 e. The van der Waals surface area contributed by atoms with Crippen molar-refractivity contribution in [2.75, 3.05) is 10.6 Å². The number of thiazole rings is 1. The number of hydrogen-bond donors (Lipinski definition) is 2. The van der Waals surface area contributed by atoms with Crippen LogP contribution in [0.3, 0.4) is 0 Å². The molecule has 0 saturated carbocycles. The second-order valence-corrected chi connectivity index (χ2v) is 10.9. The quantitative estimate of drug-likeness (QED) is 0.102. The molecule has 3 aromatic carbocycles. The first-order valence-electron chi connectivity index (χ1n) is 12.0. The van der Waals surface area contributed by atoms with E-state index in [2.05, 4.69) is 110 Å². The lowest BCUT2D eigenvalue weighted by molar-refractivity contribution is 0.345. The summed E-state index contributed by atoms with van der Waals surface area (Å²) in [5.41, 5.74) is 3.74. The van der Waals surface area contributed by atoms with Crippen molar-refractivity contribution in [2.45, 2.75) is 30.1 Å². The summed E-state index contributed by atoms with van der Waals surface area (Å²) in [5, 5.41) is 11.1. The molecule has 0 bridgehead atoms. The van der Waals surface area contributed by atoms with Crippen molar-refractivity contribution in [3.05, 3.63) is 130 Å². The zero-order chi connectivity index (χ0) is 25.7. The van der Waals surface area contributed by atoms with E-state index in [1.54, 1.807) is 11.3 Å². The Hall–Kier alpha value is -2.94. The Morgan fingerprint density at radius 3 is 1.89 bits per heavy atom. The number of anilines is 1. The molecule has 0 aliphatic carbocycles. The highest BCUT2D eigenvalue weighted by Crippen LogP contribution is 2.49. The van der Waals surface area contributed by atoms with E-state index >= 15 is 0 Å². The van der Waals surface area contributed by atoms with Crippen molar-refractivity contribution in [1.29, 1.82) is 0 Å². The second-order valence-electron chi connectivity index (χ2n) is 8.74. The molecule has 1 N–H and O–H groups in total. The van der Waals surface area contributed by atoms with E-state index in [1.807, 2.05) is 25.1 Å². The third-order valence-corrected chi connectivity index (χ3v) is 8.34. The van der Waals surface area contributed by atoms with Crippen LogP contribution in [0.5, 0.6) is 0 Å². The number of halogens is 1. The maximum atomic E-state index is 5.77. The van der Waals surface area contributed by atoms with Gasteiger partial charge < -0.3 is 9.84 Å². The lowest BCUT2D eigenvalue weighted by Crippen LogP contribution is -2.44. The van der Waals surface area contributed by atoms with Gasteiger partial charge in [0, 0.05) is 22.4 Å². The van der Waals surface area contributed by atoms with Crippen LogP contribution >= 0.6 is 39.9 Å². The zero-order valence-corrected chi connectivity index (χ0v) is 23.6. The van der Waals surface area contributed by atoms with Crippen molar-refractivity contribution in [3.63, 3.8) is 0 Å². The Labute approximate surface area is 234 Å². The van der Waals surface area contributed by atoms with Crippen molar-refractivity contribution >= 4 is 45.0 Å². The molecule has 2 aromatic heterocycles. The number of rotatable bonds is 10. The molecule has 5 rings (SSSR count). The van der Waals surface area contributed by atoms with Crippen molar-refractivity contribution in [1.82, 2.24) is 15.1 Å². The number of thiol groups is 1. The molecule has 8 heteroatoms. The van der Waals surface area contributed by atoms with Crippen LogP contribution < -0.4 is 5.32 Å². The van der Waals surface area contributed by atoms with Crippen LogP contribution in [0.2, 0.25) is 0 Å². The molecule has 0 spiro atoms. The number of nitrogens with zero attached hydrogens (tertiary/aromatic N) is 3. The third kappa shape index (κ3) is 5.23. The lowest BCUT2D eigenvalue weighted by Gasteiger charge is -2.43. The Kier molecular flexibility index (Phi) is 8.08. The van der Waals surface area contributed by atoms with Gasteiger partial charge in [0.25, 0.3) is 0 Å². The second kappa shape index (κ2) is 11.6. The van der Waals surface area contributed by atoms with Gasteiger partial charge in [-0.05, 0) is 23.6 Å². The highest BCUT2D eigenvalue weighted by atomic mass is 79.9. The van der Waals surface area contributed by atoms with E-state index in [0.717, 1.165) is 39.3 Å². The molecule has 0 aliphatic rings. The molecule has 2 heterocycles. The van der Waals surface area contributed by atoms with Gasteiger partial charge in [-0.25, -0.2) is 4.98 Å². The van der Waals surface area contributed by atoms with E-state index in [-0.39, 0.29) is 5.25 Å². The number of benzene rings is 3. The van der Waals surface area contributed by atoms with Crippen LogP contribution in [0.4, 0.5) is 5.13 Å². The normalized spacial score (nSPS) is 13.3. The molecule has 0 amide bonds. The summed E-state index contributed by atoms with van der Waals surface area (Å²) in [4.78, 5) is 9.45. The minimum atomic E-state index is -0.650. The highest BCUT2D eigenvalue weighted by Gasteiger charge is 2.47. The van der Waals surface area contributed by atoms with E-state index in [0.29, 0.717) is 11.7 Å². The molecule has 2 unspecified atom stereocenters. The smallest absolute Gasteiger partial charge is 0.250 e. The first kappa shape index (κ1) is 25.7. The Balaban J connectivity index is 1.72. The monoisotopic (exact) mass is 590 g/mol. The fourth-order valence-corrected chi connectivity index (χ4v) is 6.64. The first-order valence-corrected chi connectivity index (χ1v) is 14.6. The molecule has 188 valence electrons. The molecule has 0 radical (unpaired) electrons. The van der Waals surface area contributed by atoms with Gasteiger partial charge in [-0.2, -0.15) is 17.6 Å². The average Bonchev–Trinajstić information content (AvgIpc) is 3.58. The van der Waals surface area contributed by atoms with Gasteiger partial charge in [0.1, 0.15) is 6.04 Å². The predicted octanol–water partition coefficient (Wildman–Crippen LogP) is 7.26. The van der Waals surface area contributed by atoms with E-state index < -0.39 is 11.5 Å². The predicted molar refractivity (Wildman–Crippen MR) is 157 cm³/mol. The molecule has 0 aliphatic heterocycles. The Morgan fingerprint density at radius 1 is 0.892 bits per heavy atom. The molecular formula is C29H27BrN4OS2. The SMILES string of the molecule is Cc1noc(C(Nc2nc(CCBr)cs2)C(S)C(c2ccccc2)(c2ccccc2)c2ccccc2)n1. The summed E-state index contributed by atoms with van der Waals surface area (Å²) in [7, 11) is 0. The largest absolute Gasteiger partial charge is 0.349 e. The fraction of sp³-hybridized carbons (Fsp3) is 0.207. The molecule has 5 aromatic rings. The number of aromatic nitrogens is 3. The number of nitrogens with one attached hydrogen (secondary N) is 1. The van der Waals surface area contributed by atoms with Crippen LogP contribution in [-0.2, 0) is 11.8 Å². The Morgan fingerprint density at radius 2 is 1.43 bits per heavy atom. The highest BCUT2D eigenvalue weighted by molar-refractivity contribution is 9.09. The standard InChI is InChI=1S/C29H27BrN4OS2/c1-20-31-27(35-34-20)25(33-28-32-24(17-18-30)19-37-28)26(36)29(21-11-5-2-6-12-21,22-13-7-3-8-14-22)23-15-9-4-10-16-23/h2-16,19,25-26,36H,17-18H2,1H3,(H,32,33).